The number of ether oxygens (including phenoxy) is 2. The molecule has 0 saturated heterocycles. The maximum atomic E-state index is 14.6. The molecule has 1 aliphatic carbocycles. The van der Waals surface area contributed by atoms with Crippen LogP contribution in [0.3, 0.4) is 0 Å². The molecule has 2 atom stereocenters. The Balaban J connectivity index is 1.18. The number of halogens is 2. The van der Waals surface area contributed by atoms with Gasteiger partial charge < -0.3 is 19.3 Å². The first-order valence-electron chi connectivity index (χ1n) is 16.2. The molecule has 0 unspecified atom stereocenters. The standard InChI is InChI=1S/C36H36Cl2N2O6S2/c1-18-10-24-28(45-20(3)41)12-26-31(33(24)47-18)22(14-37)16-39(26)30(43)6-9-36(7-5-8-36)35(44)40-17-23(15-38)32-27(40)13-29(46-21(4)42)25-11-19(2)48-34(25)32/h10-13,22-23H,5-9,14-17H2,1-4H3/t22-,23-/m1/s1. The maximum absolute atomic E-state index is 14.6. The van der Waals surface area contributed by atoms with E-state index in [1.54, 1.807) is 33.6 Å². The summed E-state index contributed by atoms with van der Waals surface area (Å²) < 4.78 is 13.2. The molecule has 2 aliphatic heterocycles. The van der Waals surface area contributed by atoms with Gasteiger partial charge in [0.2, 0.25) is 11.8 Å². The zero-order valence-corrected chi connectivity index (χ0v) is 30.4. The molecule has 2 aromatic carbocycles. The molecule has 2 aromatic heterocycles. The third kappa shape index (κ3) is 5.49. The van der Waals surface area contributed by atoms with Gasteiger partial charge in [0.1, 0.15) is 11.5 Å². The predicted octanol–water partition coefficient (Wildman–Crippen LogP) is 8.57. The Kier molecular flexibility index (Phi) is 8.75. The monoisotopic (exact) mass is 726 g/mol. The minimum absolute atomic E-state index is 0.00908. The summed E-state index contributed by atoms with van der Waals surface area (Å²) in [6.07, 6.45) is 2.89. The van der Waals surface area contributed by atoms with Crippen LogP contribution in [0.15, 0.2) is 24.3 Å². The Hall–Kier alpha value is -3.18. The Morgan fingerprint density at radius 3 is 1.71 bits per heavy atom. The topological polar surface area (TPSA) is 93.2 Å². The molecule has 0 N–H and O–H groups in total. The van der Waals surface area contributed by atoms with Crippen LogP contribution < -0.4 is 19.3 Å². The zero-order chi connectivity index (χ0) is 34.1. The molecule has 12 heteroatoms. The smallest absolute Gasteiger partial charge is 0.308 e. The maximum Gasteiger partial charge on any atom is 0.308 e. The quantitative estimate of drug-likeness (QED) is 0.103. The van der Waals surface area contributed by atoms with E-state index in [4.69, 9.17) is 32.7 Å². The van der Waals surface area contributed by atoms with Crippen molar-refractivity contribution >= 4 is 101 Å². The number of rotatable bonds is 8. The molecule has 3 aliphatic rings. The second-order valence-electron chi connectivity index (χ2n) is 13.3. The number of hydrogen-bond donors (Lipinski definition) is 0. The van der Waals surface area contributed by atoms with Gasteiger partial charge >= 0.3 is 11.9 Å². The van der Waals surface area contributed by atoms with Crippen LogP contribution in [-0.4, -0.2) is 48.6 Å². The van der Waals surface area contributed by atoms with Crippen molar-refractivity contribution in [1.29, 1.82) is 0 Å². The molecule has 0 radical (unpaired) electrons. The first kappa shape index (κ1) is 33.3. The van der Waals surface area contributed by atoms with Gasteiger partial charge in [0.15, 0.2) is 0 Å². The molecular weight excluding hydrogens is 691 g/mol. The van der Waals surface area contributed by atoms with Crippen LogP contribution >= 0.6 is 45.9 Å². The highest BCUT2D eigenvalue weighted by Crippen LogP contribution is 2.54. The lowest BCUT2D eigenvalue weighted by molar-refractivity contribution is -0.134. The van der Waals surface area contributed by atoms with Gasteiger partial charge in [-0.2, -0.15) is 0 Å². The average molecular weight is 728 g/mol. The van der Waals surface area contributed by atoms with Gasteiger partial charge in [-0.1, -0.05) is 6.42 Å². The molecule has 252 valence electrons. The number of aryl methyl sites for hydroxylation is 2. The first-order valence-corrected chi connectivity index (χ1v) is 18.9. The summed E-state index contributed by atoms with van der Waals surface area (Å²) in [7, 11) is 0. The summed E-state index contributed by atoms with van der Waals surface area (Å²) in [5.74, 6) is 0.509. The van der Waals surface area contributed by atoms with Crippen molar-refractivity contribution in [1.82, 2.24) is 0 Å². The molecule has 48 heavy (non-hydrogen) atoms. The predicted molar refractivity (Wildman–Crippen MR) is 193 cm³/mol. The van der Waals surface area contributed by atoms with E-state index in [-0.39, 0.29) is 30.1 Å². The minimum atomic E-state index is -0.678. The molecule has 1 fully saturated rings. The second kappa shape index (κ2) is 12.6. The lowest BCUT2D eigenvalue weighted by atomic mass is 9.65. The summed E-state index contributed by atoms with van der Waals surface area (Å²) in [6, 6.07) is 7.62. The van der Waals surface area contributed by atoms with Crippen LogP contribution in [0.5, 0.6) is 11.5 Å². The van der Waals surface area contributed by atoms with Crippen LogP contribution in [0.25, 0.3) is 20.2 Å². The Morgan fingerprint density at radius 2 is 1.27 bits per heavy atom. The molecule has 4 aromatic rings. The number of benzene rings is 2. The third-order valence-corrected chi connectivity index (χ3v) is 12.9. The van der Waals surface area contributed by atoms with Gasteiger partial charge in [0, 0.05) is 110 Å². The Labute approximate surface area is 296 Å². The number of hydrogen-bond acceptors (Lipinski definition) is 8. The zero-order valence-electron chi connectivity index (χ0n) is 27.2. The van der Waals surface area contributed by atoms with Gasteiger partial charge in [-0.05, 0) is 45.2 Å². The second-order valence-corrected chi connectivity index (χ2v) is 16.4. The molecule has 8 nitrogen and oxygen atoms in total. The number of nitrogens with zero attached hydrogens (tertiary/aromatic N) is 2. The van der Waals surface area contributed by atoms with E-state index in [9.17, 15) is 19.2 Å². The highest BCUT2D eigenvalue weighted by atomic mass is 35.5. The van der Waals surface area contributed by atoms with Crippen LogP contribution in [0.2, 0.25) is 0 Å². The first-order chi connectivity index (χ1) is 22.9. The summed E-state index contributed by atoms with van der Waals surface area (Å²) in [5, 5.41) is 1.70. The Bertz CT molecular complexity index is 2010. The van der Waals surface area contributed by atoms with Crippen LogP contribution in [0.1, 0.15) is 78.7 Å². The fraction of sp³-hybridized carbons (Fsp3) is 0.444. The number of amides is 2. The SMILES string of the molecule is CC(=O)Oc1cc2c(c3sc(C)cc13)[C@H](CCl)CN2C(=O)CCC1(C(=O)N2C[C@@H](CCl)c3c2cc(OC(C)=O)c2cc(C)sc32)CCC1. The minimum Gasteiger partial charge on any atom is -0.426 e. The van der Waals surface area contributed by atoms with Crippen LogP contribution in [-0.2, 0) is 19.2 Å². The fourth-order valence-corrected chi connectivity index (χ4v) is 10.5. The molecular formula is C36H36Cl2N2O6S2. The summed E-state index contributed by atoms with van der Waals surface area (Å²) in [5.41, 5.74) is 2.81. The van der Waals surface area contributed by atoms with E-state index in [0.29, 0.717) is 55.6 Å². The molecule has 0 spiro atoms. The highest BCUT2D eigenvalue weighted by molar-refractivity contribution is 7.19. The molecule has 7 rings (SSSR count). The molecule has 1 saturated carbocycles. The fourth-order valence-electron chi connectivity index (χ4n) is 7.74. The van der Waals surface area contributed by atoms with Gasteiger partial charge in [-0.15, -0.1) is 45.9 Å². The lowest BCUT2D eigenvalue weighted by Crippen LogP contribution is -2.48. The molecule has 4 heterocycles. The van der Waals surface area contributed by atoms with Crippen molar-refractivity contribution in [2.24, 2.45) is 5.41 Å². The number of fused-ring (bicyclic) bond motifs is 6. The number of anilines is 2. The molecule has 0 bridgehead atoms. The van der Waals surface area contributed by atoms with Gasteiger partial charge in [-0.3, -0.25) is 19.2 Å². The van der Waals surface area contributed by atoms with E-state index in [2.05, 4.69) is 0 Å². The number of esters is 2. The van der Waals surface area contributed by atoms with E-state index < -0.39 is 17.4 Å². The number of alkyl halides is 2. The van der Waals surface area contributed by atoms with Crippen molar-refractivity contribution < 1.29 is 28.7 Å². The van der Waals surface area contributed by atoms with Gasteiger partial charge in [0.05, 0.1) is 16.8 Å². The van der Waals surface area contributed by atoms with Crippen molar-refractivity contribution in [3.05, 3.63) is 45.1 Å². The summed E-state index contributed by atoms with van der Waals surface area (Å²) >= 11 is 16.2. The average Bonchev–Trinajstić information content (AvgIpc) is 3.77. The normalized spacial score (nSPS) is 19.4. The Morgan fingerprint density at radius 1 is 0.792 bits per heavy atom. The van der Waals surface area contributed by atoms with Crippen molar-refractivity contribution in [2.75, 3.05) is 34.6 Å². The largest absolute Gasteiger partial charge is 0.426 e. The van der Waals surface area contributed by atoms with Gasteiger partial charge in [-0.25, -0.2) is 0 Å². The van der Waals surface area contributed by atoms with E-state index in [1.165, 1.54) is 13.8 Å². The highest BCUT2D eigenvalue weighted by Gasteiger charge is 2.49. The van der Waals surface area contributed by atoms with Crippen molar-refractivity contribution in [3.63, 3.8) is 0 Å². The summed E-state index contributed by atoms with van der Waals surface area (Å²) in [4.78, 5) is 58.4. The number of carbonyl (C=O) groups excluding carboxylic acids is 4. The van der Waals surface area contributed by atoms with Crippen LogP contribution in [0.4, 0.5) is 11.4 Å². The van der Waals surface area contributed by atoms with E-state index >= 15 is 0 Å². The lowest BCUT2D eigenvalue weighted by Gasteiger charge is -2.43. The van der Waals surface area contributed by atoms with Crippen molar-refractivity contribution in [2.45, 2.75) is 71.6 Å². The third-order valence-electron chi connectivity index (χ3n) is 10.0. The van der Waals surface area contributed by atoms with Gasteiger partial charge in [0.25, 0.3) is 0 Å². The van der Waals surface area contributed by atoms with Crippen LogP contribution in [0, 0.1) is 19.3 Å². The van der Waals surface area contributed by atoms with E-state index in [0.717, 1.165) is 58.8 Å². The van der Waals surface area contributed by atoms with E-state index in [1.807, 2.05) is 36.9 Å². The number of thiophene rings is 2. The summed E-state index contributed by atoms with van der Waals surface area (Å²) in [6.45, 7) is 7.63. The van der Waals surface area contributed by atoms with Crippen molar-refractivity contribution in [3.8, 4) is 11.5 Å². The molecule has 2 amide bonds. The number of carbonyl (C=O) groups is 4.